The summed E-state index contributed by atoms with van der Waals surface area (Å²) >= 11 is 0. The molecule has 5 amide bonds. The van der Waals surface area contributed by atoms with Crippen LogP contribution in [0.15, 0.2) is 0 Å². The Morgan fingerprint density at radius 1 is 0.350 bits per heavy atom. The molecule has 672 valence electrons. The van der Waals surface area contributed by atoms with Gasteiger partial charge in [0.2, 0.25) is 29.5 Å². The summed E-state index contributed by atoms with van der Waals surface area (Å²) in [6.45, 7) is -5.82. The molecule has 7 aliphatic rings. The molecule has 0 radical (unpaired) electrons. The summed E-state index contributed by atoms with van der Waals surface area (Å²) < 4.78 is 74.9. The topological polar surface area (TPSA) is 860 Å². The van der Waals surface area contributed by atoms with Crippen LogP contribution in [0, 0.1) is 0 Å². The highest BCUT2D eigenvalue weighted by Gasteiger charge is 2.66. The van der Waals surface area contributed by atoms with Gasteiger partial charge in [0.1, 0.15) is 146 Å². The van der Waals surface area contributed by atoms with Gasteiger partial charge < -0.3 is 221 Å². The zero-order valence-corrected chi connectivity index (χ0v) is 62.6. The van der Waals surface area contributed by atoms with Crippen molar-refractivity contribution in [2.45, 2.75) is 297 Å². The smallest absolute Gasteiger partial charge is 0.364 e. The van der Waals surface area contributed by atoms with Crippen molar-refractivity contribution >= 4 is 53.4 Å². The second-order valence-electron chi connectivity index (χ2n) is 28.9. The van der Waals surface area contributed by atoms with E-state index in [9.17, 15) is 176 Å². The van der Waals surface area contributed by atoms with Gasteiger partial charge in [0, 0.05) is 60.3 Å². The molecule has 0 spiro atoms. The minimum absolute atomic E-state index is 0.773. The van der Waals surface area contributed by atoms with E-state index in [1.807, 2.05) is 0 Å². The number of carbonyl (C=O) groups excluding carboxylic acids is 5. The Bertz CT molecular complexity index is 3380. The standard InChI is InChI=1S/C64H103N5O48/c1-17(77)65-33-22(82)6-61(57(97)98,113-49(33)38(87)26(86)10-70)110-28(12-72)40(89)50-34(66-18(2)78)23(83)7-62(114-50,58(99)100)111-29(13-73)41(90)51-35(67-19(3)79)24(84)8-63(115-51,59(101)102)112-30(14-74)42(91)52-36(68-20(4)80)25(85)9-64(116-52,60(103)104)117-53-46(95)56(108-47-31(15-75)105-54(96)45(94)44(47)93)107-32(16-76)48(53)109-55-37(69-21(5)81)43(92)39(88)27(11-71)106-55/h22-56,70-76,82-96H,6-16H2,1-5H3,(H,65,77)(H,66,78)(H,67,79)(H,68,80)(H,69,81)(H,97,98)(H,99,100)(H,101,102)(H,103,104)/t22-,23-,24-,25-,26+,27+,28+,29+,30+,31+,32+,33+,34+,35+,36+,37+,38+,39-,40+,41+,42+,43+,44+,45+,46+,47+,48-,49+,50+,51+,52+,53+,54+,55-,56-,61+,62+,63+,64-/m0/s1. The van der Waals surface area contributed by atoms with E-state index >= 15 is 0 Å². The van der Waals surface area contributed by atoms with Gasteiger partial charge in [0.25, 0.3) is 23.1 Å². The van der Waals surface area contributed by atoms with Gasteiger partial charge in [-0.25, -0.2) is 19.2 Å². The number of carbonyl (C=O) groups is 9. The number of nitrogens with one attached hydrogen (secondary N) is 5. The van der Waals surface area contributed by atoms with E-state index in [-0.39, 0.29) is 0 Å². The van der Waals surface area contributed by atoms with Crippen molar-refractivity contribution in [3.8, 4) is 0 Å². The first-order chi connectivity index (χ1) is 54.7. The van der Waals surface area contributed by atoms with Crippen molar-refractivity contribution in [3.63, 3.8) is 0 Å². The predicted molar refractivity (Wildman–Crippen MR) is 359 cm³/mol. The number of carboxylic acid groups (broad SMARTS) is 4. The second kappa shape index (κ2) is 40.7. The van der Waals surface area contributed by atoms with E-state index in [0.717, 1.165) is 34.6 Å². The summed E-state index contributed by atoms with van der Waals surface area (Å²) in [4.78, 5) is 118. The Balaban J connectivity index is 1.26. The van der Waals surface area contributed by atoms with Crippen molar-refractivity contribution in [2.24, 2.45) is 0 Å². The van der Waals surface area contributed by atoms with Crippen LogP contribution < -0.4 is 26.6 Å². The fraction of sp³-hybridized carbons (Fsp3) is 0.859. The Morgan fingerprint density at radius 3 is 0.983 bits per heavy atom. The molecule has 7 heterocycles. The van der Waals surface area contributed by atoms with Crippen molar-refractivity contribution < 1.29 is 237 Å². The van der Waals surface area contributed by atoms with Crippen molar-refractivity contribution in [1.29, 1.82) is 0 Å². The lowest BCUT2D eigenvalue weighted by Crippen LogP contribution is -2.72. The molecule has 0 unspecified atom stereocenters. The highest BCUT2D eigenvalue weighted by Crippen LogP contribution is 2.45. The molecule has 7 saturated heterocycles. The fourth-order valence-electron chi connectivity index (χ4n) is 14.8. The van der Waals surface area contributed by atoms with Crippen LogP contribution in [0.3, 0.4) is 0 Å². The summed E-state index contributed by atoms with van der Waals surface area (Å²) in [5.41, 5.74) is 0. The van der Waals surface area contributed by atoms with E-state index in [1.165, 1.54) is 0 Å². The van der Waals surface area contributed by atoms with E-state index in [4.69, 9.17) is 61.6 Å². The average molecular weight is 1710 g/mol. The Hall–Kier alpha value is -6.17. The van der Waals surface area contributed by atoms with Crippen LogP contribution >= 0.6 is 0 Å². The fourth-order valence-corrected chi connectivity index (χ4v) is 14.8. The number of carboxylic acids is 4. The lowest BCUT2D eigenvalue weighted by molar-refractivity contribution is -0.401. The Morgan fingerprint density at radius 2 is 0.658 bits per heavy atom. The molecular weight excluding hydrogens is 1610 g/mol. The van der Waals surface area contributed by atoms with E-state index in [0.29, 0.717) is 0 Å². The highest BCUT2D eigenvalue weighted by atomic mass is 16.8. The molecule has 0 aromatic rings. The van der Waals surface area contributed by atoms with Gasteiger partial charge in [-0.1, -0.05) is 0 Å². The van der Waals surface area contributed by atoms with Gasteiger partial charge in [0.15, 0.2) is 18.9 Å². The minimum Gasteiger partial charge on any atom is -0.477 e. The number of amides is 5. The molecule has 0 aromatic carbocycles. The third kappa shape index (κ3) is 21.5. The van der Waals surface area contributed by atoms with Gasteiger partial charge in [-0.15, -0.1) is 0 Å². The number of aliphatic hydroxyl groups excluding tert-OH is 22. The number of aliphatic hydroxyl groups is 22. The third-order valence-corrected chi connectivity index (χ3v) is 20.5. The second-order valence-corrected chi connectivity index (χ2v) is 28.9. The predicted octanol–water partition coefficient (Wildman–Crippen LogP) is -18.7. The summed E-state index contributed by atoms with van der Waals surface area (Å²) in [5.74, 6) is -29.4. The SMILES string of the molecule is CC(=O)N[C@H]1[C@H](O[C@@H]2[C@H](O[C@]3(C(=O)O)C[C@H](O)[C@@H](NC(C)=O)[C@H]([C@H](O)[C@@H](CO)O[C@]4(C(=O)O)C[C@H](O)[C@@H](NC(C)=O)[C@H]([C@H](O)[C@@H](CO)O[C@]5(C(=O)O)C[C@H](O)[C@@H](NC(C)=O)[C@H]([C@H](O)[C@@H](CO)O[C@]6(C(=O)O)C[C@H](O)[C@@H](NC(C)=O)[C@H]([C@H](O)[C@H](O)CO)O6)O5)O4)O3)[C@@H](O)[C@H](O[C@H]3[C@H](O)[C@@H](O)[C@H](O)O[C@@H]3CO)O[C@@H]2CO)O[C@H](CO)[C@H](O)[C@@H]1O. The quantitative estimate of drug-likeness (QED) is 0.0277. The zero-order chi connectivity index (χ0) is 87.9. The van der Waals surface area contributed by atoms with Crippen LogP contribution in [-0.4, -0.2) is 469 Å². The molecular formula is C64H103N5O48. The molecule has 0 saturated carbocycles. The van der Waals surface area contributed by atoms with Gasteiger partial charge in [-0.3, -0.25) is 24.0 Å². The lowest BCUT2D eigenvalue weighted by Gasteiger charge is -2.52. The average Bonchev–Trinajstić information content (AvgIpc) is 0.747. The lowest BCUT2D eigenvalue weighted by atomic mass is 9.86. The zero-order valence-electron chi connectivity index (χ0n) is 62.6. The summed E-state index contributed by atoms with van der Waals surface area (Å²) in [7, 11) is 0. The maximum Gasteiger partial charge on any atom is 0.364 e. The maximum absolute atomic E-state index is 14.1. The number of aliphatic carboxylic acids is 4. The monoisotopic (exact) mass is 1710 g/mol. The van der Waals surface area contributed by atoms with Gasteiger partial charge in [0.05, 0.1) is 94.8 Å². The molecule has 0 aromatic heterocycles. The van der Waals surface area contributed by atoms with Crippen LogP contribution in [0.2, 0.25) is 0 Å². The first kappa shape index (κ1) is 97.9. The first-order valence-corrected chi connectivity index (χ1v) is 36.1. The van der Waals surface area contributed by atoms with E-state index in [1.54, 1.807) is 0 Å². The van der Waals surface area contributed by atoms with Gasteiger partial charge in [-0.05, 0) is 0 Å². The summed E-state index contributed by atoms with van der Waals surface area (Å²) in [6, 6.07) is -10.3. The number of rotatable bonds is 36. The molecule has 39 atom stereocenters. The van der Waals surface area contributed by atoms with E-state index in [2.05, 4.69) is 26.6 Å². The van der Waals surface area contributed by atoms with Crippen LogP contribution in [0.25, 0.3) is 0 Å². The van der Waals surface area contributed by atoms with Gasteiger partial charge in [-0.2, -0.15) is 0 Å². The molecule has 53 nitrogen and oxygen atoms in total. The summed E-state index contributed by atoms with van der Waals surface area (Å²) in [6.07, 6.45) is -78.5. The molecule has 0 bridgehead atoms. The first-order valence-electron chi connectivity index (χ1n) is 36.1. The Kier molecular flexibility index (Phi) is 34.1. The van der Waals surface area contributed by atoms with Crippen molar-refractivity contribution in [1.82, 2.24) is 26.6 Å². The normalized spacial score (nSPS) is 41.4. The molecule has 53 heteroatoms. The number of ether oxygens (including phenoxy) is 13. The Labute approximate surface area is 659 Å². The third-order valence-electron chi connectivity index (χ3n) is 20.5. The van der Waals surface area contributed by atoms with Gasteiger partial charge >= 0.3 is 23.9 Å². The number of hydrogen-bond acceptors (Lipinski definition) is 44. The van der Waals surface area contributed by atoms with Crippen LogP contribution in [0.5, 0.6) is 0 Å². The van der Waals surface area contributed by atoms with Crippen LogP contribution in [0.1, 0.15) is 60.3 Å². The largest absolute Gasteiger partial charge is 0.477 e. The number of hydrogen-bond donors (Lipinski definition) is 31. The highest BCUT2D eigenvalue weighted by molar-refractivity contribution is 5.79. The molecule has 7 fully saturated rings. The molecule has 7 rings (SSSR count). The van der Waals surface area contributed by atoms with Crippen molar-refractivity contribution in [2.75, 3.05) is 46.2 Å². The van der Waals surface area contributed by atoms with Crippen LogP contribution in [-0.2, 0) is 105 Å². The van der Waals surface area contributed by atoms with E-state index < -0.39 is 362 Å². The molecule has 117 heavy (non-hydrogen) atoms. The van der Waals surface area contributed by atoms with Crippen LogP contribution in [0.4, 0.5) is 0 Å². The minimum atomic E-state index is -3.76. The maximum atomic E-state index is 14.1. The molecule has 31 N–H and O–H groups in total. The molecule has 0 aliphatic carbocycles. The summed E-state index contributed by atoms with van der Waals surface area (Å²) in [5, 5.41) is 301. The van der Waals surface area contributed by atoms with Crippen molar-refractivity contribution in [3.05, 3.63) is 0 Å². The molecule has 7 aliphatic heterocycles.